The third-order valence-corrected chi connectivity index (χ3v) is 3.99. The summed E-state index contributed by atoms with van der Waals surface area (Å²) in [6.45, 7) is 3.75. The standard InChI is InChI=1S/C18H23F3N4/c1-14-6-4-9-23-16(14)12-25(11-3-2-8-22)13-17-15(18(19,20)21)7-5-10-24-17/h4-7,9-10H,2-3,8,11-13,22H2,1H3. The number of nitrogens with two attached hydrogens (primary N) is 1. The summed E-state index contributed by atoms with van der Waals surface area (Å²) in [5, 5.41) is 0. The van der Waals surface area contributed by atoms with Crippen molar-refractivity contribution in [2.24, 2.45) is 5.73 Å². The van der Waals surface area contributed by atoms with Crippen LogP contribution in [0.15, 0.2) is 36.7 Å². The van der Waals surface area contributed by atoms with E-state index in [2.05, 4.69) is 9.97 Å². The molecule has 4 nitrogen and oxygen atoms in total. The SMILES string of the molecule is Cc1cccnc1CN(CCCCN)Cc1ncccc1C(F)(F)F. The molecular weight excluding hydrogens is 329 g/mol. The van der Waals surface area contributed by atoms with Crippen molar-refractivity contribution in [2.45, 2.75) is 39.0 Å². The molecule has 2 aromatic heterocycles. The number of rotatable bonds is 8. The minimum atomic E-state index is -4.41. The van der Waals surface area contributed by atoms with Gasteiger partial charge in [-0.1, -0.05) is 6.07 Å². The van der Waals surface area contributed by atoms with Gasteiger partial charge in [0.25, 0.3) is 0 Å². The Hall–Kier alpha value is -1.99. The number of halogens is 3. The first-order valence-corrected chi connectivity index (χ1v) is 8.26. The Balaban J connectivity index is 2.20. The molecule has 0 atom stereocenters. The van der Waals surface area contributed by atoms with Crippen molar-refractivity contribution in [3.8, 4) is 0 Å². The molecule has 0 fully saturated rings. The minimum absolute atomic E-state index is 0.0383. The molecule has 136 valence electrons. The largest absolute Gasteiger partial charge is 0.418 e. The van der Waals surface area contributed by atoms with Crippen LogP contribution in [0.2, 0.25) is 0 Å². The van der Waals surface area contributed by atoms with E-state index in [0.717, 1.165) is 30.2 Å². The summed E-state index contributed by atoms with van der Waals surface area (Å²) in [4.78, 5) is 10.3. The highest BCUT2D eigenvalue weighted by molar-refractivity contribution is 5.23. The number of hydrogen-bond acceptors (Lipinski definition) is 4. The average molecular weight is 352 g/mol. The molecule has 0 aromatic carbocycles. The van der Waals surface area contributed by atoms with Gasteiger partial charge >= 0.3 is 6.18 Å². The van der Waals surface area contributed by atoms with E-state index in [4.69, 9.17) is 5.73 Å². The maximum atomic E-state index is 13.2. The smallest absolute Gasteiger partial charge is 0.330 e. The third-order valence-electron chi connectivity index (χ3n) is 3.99. The number of unbranched alkanes of at least 4 members (excludes halogenated alkanes) is 1. The number of aryl methyl sites for hydroxylation is 1. The van der Waals surface area contributed by atoms with Crippen molar-refractivity contribution in [1.29, 1.82) is 0 Å². The van der Waals surface area contributed by atoms with Crippen molar-refractivity contribution < 1.29 is 13.2 Å². The molecule has 0 saturated heterocycles. The molecule has 2 N–H and O–H groups in total. The normalized spacial score (nSPS) is 11.9. The van der Waals surface area contributed by atoms with E-state index >= 15 is 0 Å². The van der Waals surface area contributed by atoms with E-state index < -0.39 is 11.7 Å². The van der Waals surface area contributed by atoms with Crippen LogP contribution < -0.4 is 5.73 Å². The molecule has 0 amide bonds. The highest BCUT2D eigenvalue weighted by atomic mass is 19.4. The van der Waals surface area contributed by atoms with Crippen molar-refractivity contribution in [1.82, 2.24) is 14.9 Å². The van der Waals surface area contributed by atoms with E-state index in [9.17, 15) is 13.2 Å². The Morgan fingerprint density at radius 2 is 1.64 bits per heavy atom. The summed E-state index contributed by atoms with van der Waals surface area (Å²) < 4.78 is 39.6. The molecule has 0 aliphatic rings. The van der Waals surface area contributed by atoms with Gasteiger partial charge in [-0.25, -0.2) is 0 Å². The lowest BCUT2D eigenvalue weighted by atomic mass is 10.1. The van der Waals surface area contributed by atoms with Crippen LogP contribution in [0.25, 0.3) is 0 Å². The zero-order valence-corrected chi connectivity index (χ0v) is 14.3. The van der Waals surface area contributed by atoms with Gasteiger partial charge in [0.1, 0.15) is 0 Å². The quantitative estimate of drug-likeness (QED) is 0.738. The average Bonchev–Trinajstić information content (AvgIpc) is 2.56. The second-order valence-corrected chi connectivity index (χ2v) is 5.97. The number of pyridine rings is 2. The topological polar surface area (TPSA) is 55.0 Å². The Kier molecular flexibility index (Phi) is 6.90. The zero-order chi connectivity index (χ0) is 18.3. The highest BCUT2D eigenvalue weighted by Gasteiger charge is 2.34. The summed E-state index contributed by atoms with van der Waals surface area (Å²) in [5.74, 6) is 0. The predicted molar refractivity (Wildman–Crippen MR) is 90.6 cm³/mol. The fraction of sp³-hybridized carbons (Fsp3) is 0.444. The van der Waals surface area contributed by atoms with Gasteiger partial charge in [0, 0.05) is 25.5 Å². The monoisotopic (exact) mass is 352 g/mol. The van der Waals surface area contributed by atoms with E-state index in [1.807, 2.05) is 24.0 Å². The minimum Gasteiger partial charge on any atom is -0.330 e. The molecule has 2 aromatic rings. The Morgan fingerprint density at radius 3 is 2.28 bits per heavy atom. The molecule has 0 unspecified atom stereocenters. The second-order valence-electron chi connectivity index (χ2n) is 5.97. The fourth-order valence-electron chi connectivity index (χ4n) is 2.62. The van der Waals surface area contributed by atoms with Crippen molar-refractivity contribution in [3.63, 3.8) is 0 Å². The van der Waals surface area contributed by atoms with Gasteiger partial charge in [0.05, 0.1) is 17.0 Å². The van der Waals surface area contributed by atoms with Crippen molar-refractivity contribution in [2.75, 3.05) is 13.1 Å². The van der Waals surface area contributed by atoms with Gasteiger partial charge in [-0.05, 0) is 56.6 Å². The van der Waals surface area contributed by atoms with Gasteiger partial charge in [-0.15, -0.1) is 0 Å². The van der Waals surface area contributed by atoms with Gasteiger partial charge in [-0.2, -0.15) is 13.2 Å². The molecule has 0 bridgehead atoms. The van der Waals surface area contributed by atoms with Gasteiger partial charge in [0.15, 0.2) is 0 Å². The van der Waals surface area contributed by atoms with Crippen molar-refractivity contribution in [3.05, 3.63) is 59.2 Å². The molecule has 2 heterocycles. The fourth-order valence-corrected chi connectivity index (χ4v) is 2.62. The molecule has 2 rings (SSSR count). The summed E-state index contributed by atoms with van der Waals surface area (Å²) in [6, 6.07) is 6.18. The van der Waals surface area contributed by atoms with Crippen LogP contribution in [-0.4, -0.2) is 28.0 Å². The first-order valence-electron chi connectivity index (χ1n) is 8.26. The van der Waals surface area contributed by atoms with Gasteiger partial charge in [0.2, 0.25) is 0 Å². The van der Waals surface area contributed by atoms with Crippen LogP contribution in [0.3, 0.4) is 0 Å². The summed E-state index contributed by atoms with van der Waals surface area (Å²) in [5.41, 5.74) is 6.77. The molecule has 0 saturated carbocycles. The maximum absolute atomic E-state index is 13.2. The molecule has 25 heavy (non-hydrogen) atoms. The van der Waals surface area contributed by atoms with Crippen LogP contribution in [0.5, 0.6) is 0 Å². The summed E-state index contributed by atoms with van der Waals surface area (Å²) in [6.07, 6.45) is 0.326. The van der Waals surface area contributed by atoms with E-state index in [1.165, 1.54) is 12.3 Å². The second kappa shape index (κ2) is 8.92. The van der Waals surface area contributed by atoms with Crippen LogP contribution in [0.1, 0.15) is 35.4 Å². The van der Waals surface area contributed by atoms with Crippen LogP contribution in [0.4, 0.5) is 13.2 Å². The van der Waals surface area contributed by atoms with Crippen LogP contribution in [0, 0.1) is 6.92 Å². The number of hydrogen-bond donors (Lipinski definition) is 1. The molecule has 0 radical (unpaired) electrons. The molecular formula is C18H23F3N4. The molecule has 7 heteroatoms. The molecule has 0 aliphatic carbocycles. The molecule has 0 aliphatic heterocycles. The number of alkyl halides is 3. The lowest BCUT2D eigenvalue weighted by Gasteiger charge is -2.24. The zero-order valence-electron chi connectivity index (χ0n) is 14.3. The first kappa shape index (κ1) is 19.3. The Morgan fingerprint density at radius 1 is 1.00 bits per heavy atom. The lowest BCUT2D eigenvalue weighted by Crippen LogP contribution is -2.27. The van der Waals surface area contributed by atoms with Crippen LogP contribution in [-0.2, 0) is 19.3 Å². The summed E-state index contributed by atoms with van der Waals surface area (Å²) >= 11 is 0. The van der Waals surface area contributed by atoms with E-state index in [0.29, 0.717) is 19.6 Å². The Bertz CT molecular complexity index is 673. The van der Waals surface area contributed by atoms with Crippen molar-refractivity contribution >= 4 is 0 Å². The first-order chi connectivity index (χ1) is 11.9. The number of aromatic nitrogens is 2. The lowest BCUT2D eigenvalue weighted by molar-refractivity contribution is -0.138. The Labute approximate surface area is 145 Å². The number of nitrogens with zero attached hydrogens (tertiary/aromatic N) is 3. The highest BCUT2D eigenvalue weighted by Crippen LogP contribution is 2.31. The van der Waals surface area contributed by atoms with Gasteiger partial charge < -0.3 is 5.73 Å². The third kappa shape index (κ3) is 5.79. The van der Waals surface area contributed by atoms with Gasteiger partial charge in [-0.3, -0.25) is 14.9 Å². The van der Waals surface area contributed by atoms with Crippen LogP contribution >= 0.6 is 0 Å². The van der Waals surface area contributed by atoms with E-state index in [-0.39, 0.29) is 12.2 Å². The molecule has 0 spiro atoms. The predicted octanol–water partition coefficient (Wildman–Crippen LogP) is 3.54. The maximum Gasteiger partial charge on any atom is 0.418 e. The van der Waals surface area contributed by atoms with E-state index in [1.54, 1.807) is 6.20 Å². The summed E-state index contributed by atoms with van der Waals surface area (Å²) in [7, 11) is 0.